The van der Waals surface area contributed by atoms with Crippen LogP contribution in [0.4, 0.5) is 0 Å². The Hall–Kier alpha value is -1.09. The van der Waals surface area contributed by atoms with E-state index in [1.807, 2.05) is 19.9 Å². The Kier molecular flexibility index (Phi) is 8.25. The summed E-state index contributed by atoms with van der Waals surface area (Å²) < 4.78 is 9.80. The predicted molar refractivity (Wildman–Crippen MR) is 51.4 cm³/mol. The zero-order valence-electron chi connectivity index (χ0n) is 8.16. The van der Waals surface area contributed by atoms with E-state index in [0.29, 0.717) is 19.8 Å². The molecule has 0 heterocycles. The molecular formula is C10H16O3. The summed E-state index contributed by atoms with van der Waals surface area (Å²) in [7, 11) is 0. The minimum Gasteiger partial charge on any atom is -0.460 e. The molecule has 0 rings (SSSR count). The molecule has 0 atom stereocenters. The van der Waals surface area contributed by atoms with Crippen molar-refractivity contribution in [2.75, 3.05) is 19.8 Å². The highest BCUT2D eigenvalue weighted by Crippen LogP contribution is 1.84. The molecule has 0 aliphatic rings. The molecule has 0 saturated heterocycles. The van der Waals surface area contributed by atoms with Crippen molar-refractivity contribution in [3.63, 3.8) is 0 Å². The van der Waals surface area contributed by atoms with Crippen LogP contribution >= 0.6 is 0 Å². The van der Waals surface area contributed by atoms with Gasteiger partial charge in [0.25, 0.3) is 0 Å². The van der Waals surface area contributed by atoms with Gasteiger partial charge < -0.3 is 9.47 Å². The molecule has 0 aliphatic heterocycles. The standard InChI is InChI=1S/C10H16O3/c1-3-5-6-7-10(11)13-9-8-12-4-2/h3,5-7H,4,8-9H2,1-2H3. The van der Waals surface area contributed by atoms with Crippen molar-refractivity contribution in [3.8, 4) is 0 Å². The van der Waals surface area contributed by atoms with E-state index < -0.39 is 0 Å². The Bertz CT molecular complexity index is 183. The lowest BCUT2D eigenvalue weighted by atomic mass is 10.4. The summed E-state index contributed by atoms with van der Waals surface area (Å²) in [4.78, 5) is 10.9. The predicted octanol–water partition coefficient (Wildman–Crippen LogP) is 1.70. The van der Waals surface area contributed by atoms with Crippen LogP contribution in [0.5, 0.6) is 0 Å². The number of allylic oxidation sites excluding steroid dienone is 3. The SMILES string of the molecule is CC=CC=CC(=O)OCCOCC. The van der Waals surface area contributed by atoms with Gasteiger partial charge in [-0.25, -0.2) is 4.79 Å². The van der Waals surface area contributed by atoms with Gasteiger partial charge in [-0.05, 0) is 13.8 Å². The van der Waals surface area contributed by atoms with Gasteiger partial charge in [-0.15, -0.1) is 0 Å². The fourth-order valence-electron chi connectivity index (χ4n) is 0.639. The van der Waals surface area contributed by atoms with Crippen molar-refractivity contribution < 1.29 is 14.3 Å². The third-order valence-corrected chi connectivity index (χ3v) is 1.21. The van der Waals surface area contributed by atoms with Crippen molar-refractivity contribution >= 4 is 5.97 Å². The van der Waals surface area contributed by atoms with Crippen LogP contribution in [0.1, 0.15) is 13.8 Å². The first kappa shape index (κ1) is 11.9. The Morgan fingerprint density at radius 1 is 1.31 bits per heavy atom. The molecule has 0 aromatic heterocycles. The van der Waals surface area contributed by atoms with Crippen LogP contribution in [0.15, 0.2) is 24.3 Å². The van der Waals surface area contributed by atoms with E-state index in [1.54, 1.807) is 12.2 Å². The molecular weight excluding hydrogens is 168 g/mol. The van der Waals surface area contributed by atoms with E-state index in [2.05, 4.69) is 0 Å². The Labute approximate surface area is 79.0 Å². The normalized spacial score (nSPS) is 11.2. The summed E-state index contributed by atoms with van der Waals surface area (Å²) >= 11 is 0. The molecule has 0 bridgehead atoms. The van der Waals surface area contributed by atoms with E-state index in [4.69, 9.17) is 9.47 Å². The lowest BCUT2D eigenvalue weighted by Crippen LogP contribution is -2.08. The summed E-state index contributed by atoms with van der Waals surface area (Å²) in [6, 6.07) is 0. The first-order valence-electron chi connectivity index (χ1n) is 4.35. The summed E-state index contributed by atoms with van der Waals surface area (Å²) in [5.41, 5.74) is 0. The third-order valence-electron chi connectivity index (χ3n) is 1.21. The van der Waals surface area contributed by atoms with E-state index in [1.165, 1.54) is 6.08 Å². The largest absolute Gasteiger partial charge is 0.460 e. The van der Waals surface area contributed by atoms with E-state index >= 15 is 0 Å². The van der Waals surface area contributed by atoms with Crippen molar-refractivity contribution in [1.29, 1.82) is 0 Å². The van der Waals surface area contributed by atoms with Gasteiger partial charge in [0.05, 0.1) is 6.61 Å². The topological polar surface area (TPSA) is 35.5 Å². The van der Waals surface area contributed by atoms with Gasteiger partial charge in [-0.3, -0.25) is 0 Å². The molecule has 0 spiro atoms. The molecule has 0 radical (unpaired) electrons. The highest BCUT2D eigenvalue weighted by Gasteiger charge is 1.94. The average molecular weight is 184 g/mol. The number of carbonyl (C=O) groups is 1. The van der Waals surface area contributed by atoms with Crippen LogP contribution in [0.25, 0.3) is 0 Å². The van der Waals surface area contributed by atoms with E-state index in [0.717, 1.165) is 0 Å². The Balaban J connectivity index is 3.40. The van der Waals surface area contributed by atoms with E-state index in [9.17, 15) is 4.79 Å². The minimum absolute atomic E-state index is 0.312. The number of esters is 1. The molecule has 74 valence electrons. The number of rotatable bonds is 6. The maximum Gasteiger partial charge on any atom is 0.330 e. The van der Waals surface area contributed by atoms with Crippen LogP contribution in [-0.4, -0.2) is 25.8 Å². The maximum atomic E-state index is 10.9. The molecule has 0 fully saturated rings. The van der Waals surface area contributed by atoms with Crippen LogP contribution in [-0.2, 0) is 14.3 Å². The zero-order valence-corrected chi connectivity index (χ0v) is 8.16. The van der Waals surface area contributed by atoms with Gasteiger partial charge in [-0.2, -0.15) is 0 Å². The van der Waals surface area contributed by atoms with Crippen LogP contribution in [0.3, 0.4) is 0 Å². The second kappa shape index (κ2) is 9.00. The fourth-order valence-corrected chi connectivity index (χ4v) is 0.639. The van der Waals surface area contributed by atoms with Gasteiger partial charge >= 0.3 is 5.97 Å². The Morgan fingerprint density at radius 3 is 2.69 bits per heavy atom. The molecule has 0 amide bonds. The number of hydrogen-bond acceptors (Lipinski definition) is 3. The second-order valence-corrected chi connectivity index (χ2v) is 2.25. The molecule has 3 heteroatoms. The lowest BCUT2D eigenvalue weighted by Gasteiger charge is -2.00. The minimum atomic E-state index is -0.335. The van der Waals surface area contributed by atoms with Gasteiger partial charge in [0.1, 0.15) is 6.61 Å². The monoisotopic (exact) mass is 184 g/mol. The molecule has 13 heavy (non-hydrogen) atoms. The van der Waals surface area contributed by atoms with Gasteiger partial charge in [0.15, 0.2) is 0 Å². The van der Waals surface area contributed by atoms with E-state index in [-0.39, 0.29) is 5.97 Å². The smallest absolute Gasteiger partial charge is 0.330 e. The molecule has 0 aromatic carbocycles. The average Bonchev–Trinajstić information content (AvgIpc) is 2.13. The molecule has 0 saturated carbocycles. The van der Waals surface area contributed by atoms with Crippen LogP contribution in [0, 0.1) is 0 Å². The Morgan fingerprint density at radius 2 is 2.08 bits per heavy atom. The fraction of sp³-hybridized carbons (Fsp3) is 0.500. The zero-order chi connectivity index (χ0) is 9.94. The van der Waals surface area contributed by atoms with Crippen LogP contribution < -0.4 is 0 Å². The number of carbonyl (C=O) groups excluding carboxylic acids is 1. The molecule has 0 aliphatic carbocycles. The van der Waals surface area contributed by atoms with Crippen LogP contribution in [0.2, 0.25) is 0 Å². The van der Waals surface area contributed by atoms with Crippen molar-refractivity contribution in [1.82, 2.24) is 0 Å². The summed E-state index contributed by atoms with van der Waals surface area (Å²) in [6.45, 7) is 5.19. The first-order chi connectivity index (χ1) is 6.31. The van der Waals surface area contributed by atoms with Gasteiger partial charge in [-0.1, -0.05) is 18.2 Å². The van der Waals surface area contributed by atoms with Crippen molar-refractivity contribution in [2.24, 2.45) is 0 Å². The number of ether oxygens (including phenoxy) is 2. The van der Waals surface area contributed by atoms with Gasteiger partial charge in [0, 0.05) is 12.7 Å². The van der Waals surface area contributed by atoms with Gasteiger partial charge in [0.2, 0.25) is 0 Å². The third kappa shape index (κ3) is 8.82. The quantitative estimate of drug-likeness (QED) is 0.273. The molecule has 3 nitrogen and oxygen atoms in total. The summed E-state index contributed by atoms with van der Waals surface area (Å²) in [5.74, 6) is -0.335. The van der Waals surface area contributed by atoms with Crippen molar-refractivity contribution in [2.45, 2.75) is 13.8 Å². The number of hydrogen-bond donors (Lipinski definition) is 0. The molecule has 0 unspecified atom stereocenters. The second-order valence-electron chi connectivity index (χ2n) is 2.25. The highest BCUT2D eigenvalue weighted by molar-refractivity contribution is 5.82. The maximum absolute atomic E-state index is 10.9. The summed E-state index contributed by atoms with van der Waals surface area (Å²) in [5, 5.41) is 0. The lowest BCUT2D eigenvalue weighted by molar-refractivity contribution is -0.139. The van der Waals surface area contributed by atoms with Crippen molar-refractivity contribution in [3.05, 3.63) is 24.3 Å². The first-order valence-corrected chi connectivity index (χ1v) is 4.35. The molecule has 0 N–H and O–H groups in total. The highest BCUT2D eigenvalue weighted by atomic mass is 16.6. The molecule has 0 aromatic rings. The summed E-state index contributed by atoms with van der Waals surface area (Å²) in [6.07, 6.45) is 6.63.